The molecule has 0 radical (unpaired) electrons. The van der Waals surface area contributed by atoms with Crippen LogP contribution in [0.3, 0.4) is 0 Å². The number of carbonyl (C=O) groups is 1. The average molecular weight is 346 g/mol. The zero-order valence-electron chi connectivity index (χ0n) is 14.1. The Balaban J connectivity index is 1.52. The first-order valence-corrected chi connectivity index (χ1v) is 8.76. The fourth-order valence-electron chi connectivity index (χ4n) is 3.39. The van der Waals surface area contributed by atoms with Gasteiger partial charge in [-0.25, -0.2) is 9.18 Å². The number of piperidine rings is 1. The number of urea groups is 1. The molecule has 134 valence electrons. The fraction of sp³-hybridized carbons (Fsp3) is 0.556. The minimum atomic E-state index is -0.400. The van der Waals surface area contributed by atoms with E-state index in [1.54, 1.807) is 12.1 Å². The molecule has 7 heteroatoms. The van der Waals surface area contributed by atoms with Crippen LogP contribution in [0, 0.1) is 17.1 Å². The molecule has 6 nitrogen and oxygen atoms in total. The third kappa shape index (κ3) is 4.60. The zero-order chi connectivity index (χ0) is 17.6. The van der Waals surface area contributed by atoms with Gasteiger partial charge in [-0.2, -0.15) is 5.26 Å². The number of nitriles is 1. The maximum atomic E-state index is 14.2. The lowest BCUT2D eigenvalue weighted by Gasteiger charge is -2.35. The highest BCUT2D eigenvalue weighted by atomic mass is 19.1. The van der Waals surface area contributed by atoms with Crippen molar-refractivity contribution in [3.63, 3.8) is 0 Å². The monoisotopic (exact) mass is 346 g/mol. The van der Waals surface area contributed by atoms with E-state index < -0.39 is 5.82 Å². The standard InChI is InChI=1S/C18H23FN4O2/c19-16-9-13(10-20)5-6-17(16)23-7-1-3-14(12-23)22-18(24)21-11-15-4-2-8-25-15/h5-6,9,14-15H,1-4,7-8,11-12H2,(H2,21,22,24). The summed E-state index contributed by atoms with van der Waals surface area (Å²) < 4.78 is 19.7. The summed E-state index contributed by atoms with van der Waals surface area (Å²) in [4.78, 5) is 14.0. The van der Waals surface area contributed by atoms with E-state index in [1.807, 2.05) is 11.0 Å². The molecule has 2 amide bonds. The van der Waals surface area contributed by atoms with Crippen LogP contribution in [0.2, 0.25) is 0 Å². The molecule has 2 saturated heterocycles. The third-order valence-corrected chi connectivity index (χ3v) is 4.69. The highest BCUT2D eigenvalue weighted by Crippen LogP contribution is 2.24. The Morgan fingerprint density at radius 3 is 3.00 bits per heavy atom. The Hall–Kier alpha value is -2.33. The lowest BCUT2D eigenvalue weighted by molar-refractivity contribution is 0.111. The number of carbonyl (C=O) groups excluding carboxylic acids is 1. The van der Waals surface area contributed by atoms with Crippen LogP contribution < -0.4 is 15.5 Å². The molecule has 2 N–H and O–H groups in total. The average Bonchev–Trinajstić information content (AvgIpc) is 3.13. The topological polar surface area (TPSA) is 77.4 Å². The Bertz CT molecular complexity index is 655. The van der Waals surface area contributed by atoms with E-state index in [9.17, 15) is 9.18 Å². The van der Waals surface area contributed by atoms with Crippen molar-refractivity contribution in [2.75, 3.05) is 31.1 Å². The van der Waals surface area contributed by atoms with Gasteiger partial charge >= 0.3 is 6.03 Å². The highest BCUT2D eigenvalue weighted by molar-refractivity contribution is 5.74. The summed E-state index contributed by atoms with van der Waals surface area (Å²) >= 11 is 0. The number of anilines is 1. The Morgan fingerprint density at radius 2 is 2.28 bits per heavy atom. The van der Waals surface area contributed by atoms with Gasteiger partial charge in [-0.15, -0.1) is 0 Å². The molecule has 3 rings (SSSR count). The van der Waals surface area contributed by atoms with Crippen LogP contribution in [0.15, 0.2) is 18.2 Å². The van der Waals surface area contributed by atoms with Crippen LogP contribution in [-0.2, 0) is 4.74 Å². The SMILES string of the molecule is N#Cc1ccc(N2CCCC(NC(=O)NCC3CCCO3)C2)c(F)c1. The molecular formula is C18H23FN4O2. The predicted octanol–water partition coefficient (Wildman–Crippen LogP) is 2.14. The van der Waals surface area contributed by atoms with E-state index in [0.29, 0.717) is 24.3 Å². The van der Waals surface area contributed by atoms with Gasteiger partial charge in [-0.1, -0.05) is 0 Å². The lowest BCUT2D eigenvalue weighted by Crippen LogP contribution is -2.51. The first-order chi connectivity index (χ1) is 12.2. The molecule has 1 aromatic carbocycles. The van der Waals surface area contributed by atoms with Crippen LogP contribution in [0.25, 0.3) is 0 Å². The molecule has 0 saturated carbocycles. The summed E-state index contributed by atoms with van der Waals surface area (Å²) in [7, 11) is 0. The molecule has 0 aromatic heterocycles. The second-order valence-electron chi connectivity index (χ2n) is 6.55. The van der Waals surface area contributed by atoms with E-state index in [-0.39, 0.29) is 18.2 Å². The summed E-state index contributed by atoms with van der Waals surface area (Å²) in [6, 6.07) is 6.19. The molecule has 0 bridgehead atoms. The van der Waals surface area contributed by atoms with E-state index in [1.165, 1.54) is 6.07 Å². The van der Waals surface area contributed by atoms with Gasteiger partial charge in [0.15, 0.2) is 0 Å². The minimum absolute atomic E-state index is 0.0340. The van der Waals surface area contributed by atoms with Crippen molar-refractivity contribution in [2.24, 2.45) is 0 Å². The Kier molecular flexibility index (Phi) is 5.71. The zero-order valence-corrected chi connectivity index (χ0v) is 14.1. The summed E-state index contributed by atoms with van der Waals surface area (Å²) in [6.45, 7) is 2.57. The Morgan fingerprint density at radius 1 is 1.40 bits per heavy atom. The Labute approximate surface area is 146 Å². The highest BCUT2D eigenvalue weighted by Gasteiger charge is 2.24. The number of amides is 2. The summed E-state index contributed by atoms with van der Waals surface area (Å²) in [6.07, 6.45) is 3.87. The van der Waals surface area contributed by atoms with Crippen molar-refractivity contribution in [1.29, 1.82) is 5.26 Å². The maximum absolute atomic E-state index is 14.2. The largest absolute Gasteiger partial charge is 0.376 e. The van der Waals surface area contributed by atoms with Crippen LogP contribution in [0.5, 0.6) is 0 Å². The van der Waals surface area contributed by atoms with Crippen LogP contribution >= 0.6 is 0 Å². The molecule has 2 fully saturated rings. The van der Waals surface area contributed by atoms with Gasteiger partial charge in [0.2, 0.25) is 0 Å². The predicted molar refractivity (Wildman–Crippen MR) is 91.9 cm³/mol. The molecule has 2 aliphatic heterocycles. The number of rotatable bonds is 4. The summed E-state index contributed by atoms with van der Waals surface area (Å²) in [5.74, 6) is -0.400. The molecule has 2 atom stereocenters. The normalized spacial score (nSPS) is 23.1. The van der Waals surface area contributed by atoms with Gasteiger partial charge in [0.1, 0.15) is 5.82 Å². The van der Waals surface area contributed by atoms with E-state index in [2.05, 4.69) is 10.6 Å². The number of ether oxygens (including phenoxy) is 1. The van der Waals surface area contributed by atoms with Crippen molar-refractivity contribution in [3.05, 3.63) is 29.6 Å². The van der Waals surface area contributed by atoms with Crippen molar-refractivity contribution >= 4 is 11.7 Å². The van der Waals surface area contributed by atoms with E-state index >= 15 is 0 Å². The van der Waals surface area contributed by atoms with Gasteiger partial charge in [-0.3, -0.25) is 0 Å². The number of halogens is 1. The summed E-state index contributed by atoms with van der Waals surface area (Å²) in [5.41, 5.74) is 0.784. The molecule has 25 heavy (non-hydrogen) atoms. The summed E-state index contributed by atoms with van der Waals surface area (Å²) in [5, 5.41) is 14.7. The van der Waals surface area contributed by atoms with Crippen molar-refractivity contribution < 1.29 is 13.9 Å². The van der Waals surface area contributed by atoms with Gasteiger partial charge in [0.25, 0.3) is 0 Å². The first-order valence-electron chi connectivity index (χ1n) is 8.76. The minimum Gasteiger partial charge on any atom is -0.376 e. The van der Waals surface area contributed by atoms with E-state index in [4.69, 9.17) is 10.00 Å². The van der Waals surface area contributed by atoms with Gasteiger partial charge in [0, 0.05) is 32.3 Å². The quantitative estimate of drug-likeness (QED) is 0.876. The second-order valence-corrected chi connectivity index (χ2v) is 6.55. The number of nitrogens with zero attached hydrogens (tertiary/aromatic N) is 2. The van der Waals surface area contributed by atoms with Crippen LogP contribution in [0.4, 0.5) is 14.9 Å². The molecule has 0 aliphatic carbocycles. The smallest absolute Gasteiger partial charge is 0.315 e. The number of benzene rings is 1. The first kappa shape index (κ1) is 17.5. The third-order valence-electron chi connectivity index (χ3n) is 4.69. The van der Waals surface area contributed by atoms with Crippen molar-refractivity contribution in [3.8, 4) is 6.07 Å². The lowest BCUT2D eigenvalue weighted by atomic mass is 10.0. The second kappa shape index (κ2) is 8.17. The van der Waals surface area contributed by atoms with Gasteiger partial charge in [0.05, 0.1) is 23.4 Å². The number of hydrogen-bond acceptors (Lipinski definition) is 4. The van der Waals surface area contributed by atoms with Crippen LogP contribution in [-0.4, -0.2) is 44.4 Å². The molecular weight excluding hydrogens is 323 g/mol. The van der Waals surface area contributed by atoms with Gasteiger partial charge in [-0.05, 0) is 43.9 Å². The van der Waals surface area contributed by atoms with Gasteiger partial charge < -0.3 is 20.3 Å². The van der Waals surface area contributed by atoms with Crippen LogP contribution in [0.1, 0.15) is 31.2 Å². The molecule has 2 unspecified atom stereocenters. The fourth-order valence-corrected chi connectivity index (χ4v) is 3.39. The maximum Gasteiger partial charge on any atom is 0.315 e. The number of nitrogens with one attached hydrogen (secondary N) is 2. The molecule has 2 heterocycles. The molecule has 1 aromatic rings. The molecule has 0 spiro atoms. The van der Waals surface area contributed by atoms with Crippen molar-refractivity contribution in [2.45, 2.75) is 37.8 Å². The van der Waals surface area contributed by atoms with E-state index in [0.717, 1.165) is 38.8 Å². The molecule has 2 aliphatic rings. The number of hydrogen-bond donors (Lipinski definition) is 2. The van der Waals surface area contributed by atoms with Crippen molar-refractivity contribution in [1.82, 2.24) is 10.6 Å².